The largest absolute Gasteiger partial charge is 0.466 e. The van der Waals surface area contributed by atoms with E-state index in [9.17, 15) is 18.7 Å². The topological polar surface area (TPSA) is 55.8 Å². The Morgan fingerprint density at radius 3 is 2.45 bits per heavy atom. The van der Waals surface area contributed by atoms with Crippen LogP contribution in [0, 0.1) is 0 Å². The van der Waals surface area contributed by atoms with Gasteiger partial charge in [-0.15, -0.1) is 0 Å². The summed E-state index contributed by atoms with van der Waals surface area (Å²) < 4.78 is 33.0. The predicted octanol–water partition coefficient (Wildman–Crippen LogP) is 2.84. The first-order valence-corrected chi connectivity index (χ1v) is 6.28. The fourth-order valence-corrected chi connectivity index (χ4v) is 1.72. The lowest BCUT2D eigenvalue weighted by atomic mass is 9.91. The predicted molar refractivity (Wildman–Crippen MR) is 68.5 cm³/mol. The van der Waals surface area contributed by atoms with Gasteiger partial charge in [-0.05, 0) is 38.0 Å². The van der Waals surface area contributed by atoms with Crippen LogP contribution in [-0.2, 0) is 15.1 Å². The number of carbonyl (C=O) groups excluding carboxylic acids is 1. The number of benzene rings is 1. The molecule has 1 N–H and O–H groups in total. The standard InChI is InChI=1S/C14H18F2O4/c1-3-19-12(17)8-9-14(2,18)10-4-6-11(7-5-10)20-13(15)16/h4-7,13,18H,3,8-9H2,1-2H3. The van der Waals surface area contributed by atoms with Gasteiger partial charge in [0.1, 0.15) is 5.75 Å². The Labute approximate surface area is 116 Å². The first-order valence-electron chi connectivity index (χ1n) is 6.28. The Hall–Kier alpha value is -1.69. The van der Waals surface area contributed by atoms with Gasteiger partial charge in [0.15, 0.2) is 0 Å². The number of halogens is 2. The van der Waals surface area contributed by atoms with Crippen LogP contribution in [0.25, 0.3) is 0 Å². The minimum absolute atomic E-state index is 0.0185. The number of rotatable bonds is 7. The van der Waals surface area contributed by atoms with E-state index in [2.05, 4.69) is 4.74 Å². The van der Waals surface area contributed by atoms with E-state index in [-0.39, 0.29) is 24.6 Å². The average Bonchev–Trinajstić information content (AvgIpc) is 2.37. The molecule has 20 heavy (non-hydrogen) atoms. The molecule has 0 aliphatic heterocycles. The molecule has 0 aliphatic rings. The number of alkyl halides is 2. The SMILES string of the molecule is CCOC(=O)CCC(C)(O)c1ccc(OC(F)F)cc1. The second-order valence-electron chi connectivity index (χ2n) is 4.48. The molecule has 0 radical (unpaired) electrons. The summed E-state index contributed by atoms with van der Waals surface area (Å²) in [5, 5.41) is 10.3. The number of esters is 1. The summed E-state index contributed by atoms with van der Waals surface area (Å²) in [6.45, 7) is 0.665. The molecule has 4 nitrogen and oxygen atoms in total. The van der Waals surface area contributed by atoms with Crippen LogP contribution in [0.5, 0.6) is 5.75 Å². The van der Waals surface area contributed by atoms with Gasteiger partial charge in [-0.2, -0.15) is 8.78 Å². The summed E-state index contributed by atoms with van der Waals surface area (Å²) in [6, 6.07) is 5.67. The summed E-state index contributed by atoms with van der Waals surface area (Å²) in [5.41, 5.74) is -0.723. The molecular formula is C14H18F2O4. The van der Waals surface area contributed by atoms with Crippen molar-refractivity contribution >= 4 is 5.97 Å². The molecule has 0 bridgehead atoms. The molecule has 1 atom stereocenters. The van der Waals surface area contributed by atoms with Crippen LogP contribution in [0.15, 0.2) is 24.3 Å². The lowest BCUT2D eigenvalue weighted by Gasteiger charge is -2.23. The molecule has 6 heteroatoms. The summed E-state index contributed by atoms with van der Waals surface area (Å²) in [7, 11) is 0. The minimum atomic E-state index is -2.88. The van der Waals surface area contributed by atoms with Crippen molar-refractivity contribution in [1.82, 2.24) is 0 Å². The third-order valence-electron chi connectivity index (χ3n) is 2.82. The molecule has 0 saturated heterocycles. The molecule has 1 unspecified atom stereocenters. The Bertz CT molecular complexity index is 429. The van der Waals surface area contributed by atoms with Gasteiger partial charge in [0.25, 0.3) is 0 Å². The lowest BCUT2D eigenvalue weighted by molar-refractivity contribution is -0.144. The van der Waals surface area contributed by atoms with Crippen LogP contribution in [0.2, 0.25) is 0 Å². The van der Waals surface area contributed by atoms with Crippen LogP contribution in [0.3, 0.4) is 0 Å². The molecular weight excluding hydrogens is 270 g/mol. The molecule has 1 aromatic rings. The Morgan fingerprint density at radius 2 is 1.95 bits per heavy atom. The van der Waals surface area contributed by atoms with Crippen LogP contribution in [0.4, 0.5) is 8.78 Å². The number of hydrogen-bond acceptors (Lipinski definition) is 4. The van der Waals surface area contributed by atoms with Crippen molar-refractivity contribution in [2.75, 3.05) is 6.61 Å². The van der Waals surface area contributed by atoms with Crippen molar-refractivity contribution in [3.05, 3.63) is 29.8 Å². The van der Waals surface area contributed by atoms with E-state index < -0.39 is 12.2 Å². The molecule has 1 rings (SSSR count). The number of hydrogen-bond donors (Lipinski definition) is 1. The van der Waals surface area contributed by atoms with Gasteiger partial charge in [-0.25, -0.2) is 0 Å². The van der Waals surface area contributed by atoms with E-state index in [4.69, 9.17) is 4.74 Å². The Balaban J connectivity index is 2.64. The fourth-order valence-electron chi connectivity index (χ4n) is 1.72. The normalized spacial score (nSPS) is 13.9. The highest BCUT2D eigenvalue weighted by Gasteiger charge is 2.24. The third kappa shape index (κ3) is 5.13. The van der Waals surface area contributed by atoms with Gasteiger partial charge in [-0.3, -0.25) is 4.79 Å². The maximum absolute atomic E-state index is 12.0. The van der Waals surface area contributed by atoms with Crippen molar-refractivity contribution in [1.29, 1.82) is 0 Å². The minimum Gasteiger partial charge on any atom is -0.466 e. The number of ether oxygens (including phenoxy) is 2. The first-order chi connectivity index (χ1) is 9.35. The molecule has 112 valence electrons. The van der Waals surface area contributed by atoms with E-state index in [0.717, 1.165) is 0 Å². The number of carbonyl (C=O) groups is 1. The highest BCUT2D eigenvalue weighted by molar-refractivity contribution is 5.69. The summed E-state index contributed by atoms with van der Waals surface area (Å²) in [5.74, 6) is -0.365. The highest BCUT2D eigenvalue weighted by atomic mass is 19.3. The summed E-state index contributed by atoms with van der Waals surface area (Å²) >= 11 is 0. The average molecular weight is 288 g/mol. The molecule has 0 heterocycles. The third-order valence-corrected chi connectivity index (χ3v) is 2.82. The van der Waals surface area contributed by atoms with Gasteiger partial charge in [0, 0.05) is 6.42 Å². The second-order valence-corrected chi connectivity index (χ2v) is 4.48. The molecule has 0 saturated carbocycles. The van der Waals surface area contributed by atoms with Crippen LogP contribution >= 0.6 is 0 Å². The monoisotopic (exact) mass is 288 g/mol. The highest BCUT2D eigenvalue weighted by Crippen LogP contribution is 2.28. The summed E-state index contributed by atoms with van der Waals surface area (Å²) in [6.07, 6.45) is 0.261. The zero-order valence-corrected chi connectivity index (χ0v) is 11.4. The van der Waals surface area contributed by atoms with Crippen molar-refractivity contribution in [3.8, 4) is 5.75 Å². The van der Waals surface area contributed by atoms with E-state index in [1.807, 2.05) is 0 Å². The van der Waals surface area contributed by atoms with Gasteiger partial charge in [0.2, 0.25) is 0 Å². The molecule has 1 aromatic carbocycles. The fraction of sp³-hybridized carbons (Fsp3) is 0.500. The number of aliphatic hydroxyl groups is 1. The smallest absolute Gasteiger partial charge is 0.387 e. The molecule has 0 amide bonds. The second kappa shape index (κ2) is 7.19. The van der Waals surface area contributed by atoms with E-state index >= 15 is 0 Å². The van der Waals surface area contributed by atoms with Crippen LogP contribution < -0.4 is 4.74 Å². The molecule has 0 spiro atoms. The van der Waals surface area contributed by atoms with E-state index in [1.54, 1.807) is 13.8 Å². The van der Waals surface area contributed by atoms with Crippen molar-refractivity contribution in [2.24, 2.45) is 0 Å². The van der Waals surface area contributed by atoms with Crippen molar-refractivity contribution in [2.45, 2.75) is 38.9 Å². The maximum Gasteiger partial charge on any atom is 0.387 e. The Kier molecular flexibility index (Phi) is 5.88. The van der Waals surface area contributed by atoms with Crippen molar-refractivity contribution < 1.29 is 28.2 Å². The van der Waals surface area contributed by atoms with Crippen LogP contribution in [0.1, 0.15) is 32.3 Å². The zero-order valence-electron chi connectivity index (χ0n) is 11.4. The quantitative estimate of drug-likeness (QED) is 0.784. The van der Waals surface area contributed by atoms with Gasteiger partial charge in [-0.1, -0.05) is 12.1 Å². The molecule has 0 fully saturated rings. The first kappa shape index (κ1) is 16.4. The molecule has 0 aliphatic carbocycles. The van der Waals surface area contributed by atoms with E-state index in [1.165, 1.54) is 24.3 Å². The van der Waals surface area contributed by atoms with Crippen molar-refractivity contribution in [3.63, 3.8) is 0 Å². The van der Waals surface area contributed by atoms with Gasteiger partial charge < -0.3 is 14.6 Å². The lowest BCUT2D eigenvalue weighted by Crippen LogP contribution is -2.23. The Morgan fingerprint density at radius 1 is 1.35 bits per heavy atom. The van der Waals surface area contributed by atoms with E-state index in [0.29, 0.717) is 12.2 Å². The van der Waals surface area contributed by atoms with Gasteiger partial charge in [0.05, 0.1) is 12.2 Å². The van der Waals surface area contributed by atoms with Crippen LogP contribution in [-0.4, -0.2) is 24.3 Å². The van der Waals surface area contributed by atoms with Gasteiger partial charge >= 0.3 is 12.6 Å². The molecule has 0 aromatic heterocycles. The maximum atomic E-state index is 12.0. The summed E-state index contributed by atoms with van der Waals surface area (Å²) in [4.78, 5) is 11.3. The zero-order chi connectivity index (χ0) is 15.2.